The van der Waals surface area contributed by atoms with Gasteiger partial charge in [0.2, 0.25) is 5.91 Å². The highest BCUT2D eigenvalue weighted by molar-refractivity contribution is 8.03. The number of aliphatic hydroxyl groups excluding tert-OH is 1. The first-order valence-electron chi connectivity index (χ1n) is 8.04. The Labute approximate surface area is 145 Å². The van der Waals surface area contributed by atoms with Gasteiger partial charge < -0.3 is 20.0 Å². The number of likely N-dealkylation sites (N-methyl/N-ethyl adjacent to an activating group) is 1. The van der Waals surface area contributed by atoms with E-state index < -0.39 is 18.0 Å². The topological polar surface area (TPSA) is 81.1 Å². The number of aliphatic carboxylic acids is 1. The van der Waals surface area contributed by atoms with Crippen LogP contribution in [-0.2, 0) is 9.59 Å². The van der Waals surface area contributed by atoms with Crippen molar-refractivity contribution < 1.29 is 19.8 Å². The zero-order valence-electron chi connectivity index (χ0n) is 14.0. The van der Waals surface area contributed by atoms with Crippen molar-refractivity contribution in [1.82, 2.24) is 9.80 Å². The molecule has 0 saturated carbocycles. The van der Waals surface area contributed by atoms with Gasteiger partial charge in [-0.05, 0) is 19.4 Å². The highest BCUT2D eigenvalue weighted by atomic mass is 32.2. The third-order valence-electron chi connectivity index (χ3n) is 4.75. The Bertz CT molecular complexity index is 668. The van der Waals surface area contributed by atoms with Crippen LogP contribution in [0.5, 0.6) is 0 Å². The van der Waals surface area contributed by atoms with Crippen LogP contribution in [0.3, 0.4) is 0 Å². The number of aliphatic hydroxyl groups is 1. The van der Waals surface area contributed by atoms with Gasteiger partial charge in [-0.25, -0.2) is 4.79 Å². The number of carboxylic acids is 1. The van der Waals surface area contributed by atoms with Crippen molar-refractivity contribution >= 4 is 23.6 Å². The molecule has 3 aliphatic heterocycles. The molecule has 24 heavy (non-hydrogen) atoms. The van der Waals surface area contributed by atoms with Crippen molar-refractivity contribution in [2.24, 2.45) is 5.92 Å². The second kappa shape index (κ2) is 6.29. The molecule has 6 nitrogen and oxygen atoms in total. The zero-order valence-corrected chi connectivity index (χ0v) is 14.8. The number of nitrogens with zero attached hydrogens (tertiary/aromatic N) is 2. The van der Waals surface area contributed by atoms with Crippen LogP contribution in [0, 0.1) is 5.92 Å². The SMILES string of the molecule is CC(SC1=C(C(=O)O)N2C(=O)[C@@H]([C@@H](C)O)C2C1)C1=CN(C)CC=C1. The average Bonchev–Trinajstić information content (AvgIpc) is 2.81. The van der Waals surface area contributed by atoms with E-state index in [2.05, 4.69) is 23.3 Å². The predicted molar refractivity (Wildman–Crippen MR) is 92.0 cm³/mol. The second-order valence-corrected chi connectivity index (χ2v) is 7.99. The van der Waals surface area contributed by atoms with E-state index in [0.29, 0.717) is 6.42 Å². The average molecular weight is 350 g/mol. The highest BCUT2D eigenvalue weighted by Gasteiger charge is 2.56. The van der Waals surface area contributed by atoms with Crippen molar-refractivity contribution in [3.63, 3.8) is 0 Å². The minimum atomic E-state index is -1.07. The van der Waals surface area contributed by atoms with E-state index in [1.165, 1.54) is 16.7 Å². The first-order chi connectivity index (χ1) is 11.3. The molecule has 130 valence electrons. The molecule has 3 heterocycles. The molecule has 0 aliphatic carbocycles. The molecule has 0 bridgehead atoms. The number of β-lactam (4-membered cyclic amide) rings is 1. The lowest BCUT2D eigenvalue weighted by Gasteiger charge is -2.44. The quantitative estimate of drug-likeness (QED) is 0.730. The number of rotatable bonds is 5. The van der Waals surface area contributed by atoms with Gasteiger partial charge in [-0.2, -0.15) is 0 Å². The molecular weight excluding hydrogens is 328 g/mol. The van der Waals surface area contributed by atoms with Crippen LogP contribution in [0.2, 0.25) is 0 Å². The summed E-state index contributed by atoms with van der Waals surface area (Å²) in [4.78, 5) is 28.0. The zero-order chi connectivity index (χ0) is 17.6. The van der Waals surface area contributed by atoms with Gasteiger partial charge in [0.15, 0.2) is 0 Å². The van der Waals surface area contributed by atoms with Gasteiger partial charge in [0.1, 0.15) is 5.70 Å². The van der Waals surface area contributed by atoms with E-state index in [-0.39, 0.29) is 22.9 Å². The summed E-state index contributed by atoms with van der Waals surface area (Å²) in [6.07, 6.45) is 5.95. The van der Waals surface area contributed by atoms with Crippen molar-refractivity contribution in [3.8, 4) is 0 Å². The lowest BCUT2D eigenvalue weighted by Crippen LogP contribution is -2.61. The van der Waals surface area contributed by atoms with Crippen LogP contribution in [0.4, 0.5) is 0 Å². The van der Waals surface area contributed by atoms with Gasteiger partial charge >= 0.3 is 5.97 Å². The summed E-state index contributed by atoms with van der Waals surface area (Å²) < 4.78 is 0. The number of fused-ring (bicyclic) bond motifs is 1. The van der Waals surface area contributed by atoms with Crippen molar-refractivity contribution in [2.45, 2.75) is 37.7 Å². The van der Waals surface area contributed by atoms with E-state index in [1.54, 1.807) is 6.92 Å². The van der Waals surface area contributed by atoms with Crippen LogP contribution in [0.15, 0.2) is 34.5 Å². The van der Waals surface area contributed by atoms with Gasteiger partial charge in [-0.1, -0.05) is 12.2 Å². The van der Waals surface area contributed by atoms with Crippen molar-refractivity contribution in [1.29, 1.82) is 0 Å². The van der Waals surface area contributed by atoms with Crippen LogP contribution in [0.1, 0.15) is 20.3 Å². The minimum Gasteiger partial charge on any atom is -0.477 e. The third kappa shape index (κ3) is 2.75. The standard InChI is InChI=1S/C17H22N2O4S/c1-9(20)14-12-7-13(15(17(22)23)19(12)16(14)21)24-10(2)11-5-4-6-18(3)8-11/h4-5,8-10,12,14,20H,6-7H2,1-3H3,(H,22,23)/t9-,10?,12?,14+/m1/s1. The molecule has 3 rings (SSSR count). The first kappa shape index (κ1) is 17.1. The number of carboxylic acid groups (broad SMARTS) is 1. The molecule has 7 heteroatoms. The molecule has 0 radical (unpaired) electrons. The van der Waals surface area contributed by atoms with E-state index in [4.69, 9.17) is 0 Å². The lowest BCUT2D eigenvalue weighted by atomic mass is 9.83. The monoisotopic (exact) mass is 350 g/mol. The van der Waals surface area contributed by atoms with Crippen molar-refractivity contribution in [3.05, 3.63) is 34.5 Å². The van der Waals surface area contributed by atoms with Crippen LogP contribution < -0.4 is 0 Å². The fourth-order valence-electron chi connectivity index (χ4n) is 3.56. The Hall–Kier alpha value is -1.73. The van der Waals surface area contributed by atoms with Crippen LogP contribution >= 0.6 is 11.8 Å². The number of hydrogen-bond acceptors (Lipinski definition) is 5. The summed E-state index contributed by atoms with van der Waals surface area (Å²) in [5.74, 6) is -1.85. The molecule has 1 fully saturated rings. The van der Waals surface area contributed by atoms with Gasteiger partial charge in [0.25, 0.3) is 0 Å². The number of allylic oxidation sites excluding steroid dienone is 1. The fraction of sp³-hybridized carbons (Fsp3) is 0.529. The van der Waals surface area contributed by atoms with Gasteiger partial charge in [-0.3, -0.25) is 4.79 Å². The molecular formula is C17H22N2O4S. The van der Waals surface area contributed by atoms with Crippen molar-refractivity contribution in [2.75, 3.05) is 13.6 Å². The third-order valence-corrected chi connectivity index (χ3v) is 6.02. The van der Waals surface area contributed by atoms with E-state index in [9.17, 15) is 19.8 Å². The predicted octanol–water partition coefficient (Wildman–Crippen LogP) is 1.40. The minimum absolute atomic E-state index is 0.0900. The number of carbonyl (C=O) groups excluding carboxylic acids is 1. The maximum Gasteiger partial charge on any atom is 0.353 e. The van der Waals surface area contributed by atoms with Gasteiger partial charge in [0, 0.05) is 36.4 Å². The maximum atomic E-state index is 12.2. The summed E-state index contributed by atoms with van der Waals surface area (Å²) in [5.41, 5.74) is 1.21. The molecule has 0 aromatic carbocycles. The van der Waals surface area contributed by atoms with E-state index >= 15 is 0 Å². The molecule has 4 atom stereocenters. The Morgan fingerprint density at radius 3 is 2.71 bits per heavy atom. The lowest BCUT2D eigenvalue weighted by molar-refractivity contribution is -0.161. The smallest absolute Gasteiger partial charge is 0.353 e. The Morgan fingerprint density at radius 1 is 1.42 bits per heavy atom. The summed E-state index contributed by atoms with van der Waals surface area (Å²) >= 11 is 1.49. The fourth-order valence-corrected chi connectivity index (χ4v) is 4.83. The number of carbonyl (C=O) groups is 2. The maximum absolute atomic E-state index is 12.2. The van der Waals surface area contributed by atoms with E-state index in [0.717, 1.165) is 17.0 Å². The largest absolute Gasteiger partial charge is 0.477 e. The summed E-state index contributed by atoms with van der Waals surface area (Å²) in [6, 6.07) is -0.225. The Balaban J connectivity index is 1.81. The molecule has 2 N–H and O–H groups in total. The normalized spacial score (nSPS) is 28.5. The molecule has 0 spiro atoms. The molecule has 0 aromatic rings. The van der Waals surface area contributed by atoms with Gasteiger partial charge in [0.05, 0.1) is 18.1 Å². The molecule has 3 aliphatic rings. The van der Waals surface area contributed by atoms with Crippen LogP contribution in [0.25, 0.3) is 0 Å². The first-order valence-corrected chi connectivity index (χ1v) is 8.92. The Morgan fingerprint density at radius 2 is 2.12 bits per heavy atom. The number of amides is 1. The van der Waals surface area contributed by atoms with E-state index in [1.807, 2.05) is 14.0 Å². The second-order valence-electron chi connectivity index (χ2n) is 6.55. The number of thioether (sulfide) groups is 1. The highest BCUT2D eigenvalue weighted by Crippen LogP contribution is 2.48. The Kier molecular flexibility index (Phi) is 4.48. The molecule has 0 aromatic heterocycles. The molecule has 2 unspecified atom stereocenters. The number of hydrogen-bond donors (Lipinski definition) is 2. The van der Waals surface area contributed by atoms with Gasteiger partial charge in [-0.15, -0.1) is 11.8 Å². The van der Waals surface area contributed by atoms with Crippen LogP contribution in [-0.4, -0.2) is 62.9 Å². The summed E-state index contributed by atoms with van der Waals surface area (Å²) in [6.45, 7) is 4.49. The molecule has 1 amide bonds. The summed E-state index contributed by atoms with van der Waals surface area (Å²) in [7, 11) is 2.00. The molecule has 1 saturated heterocycles. The summed E-state index contributed by atoms with van der Waals surface area (Å²) in [5, 5.41) is 19.4.